The van der Waals surface area contributed by atoms with Crippen molar-refractivity contribution in [3.05, 3.63) is 66.0 Å². The molecular formula is C15H18N+. The summed E-state index contributed by atoms with van der Waals surface area (Å²) in [6, 6.07) is 17.1. The van der Waals surface area contributed by atoms with Gasteiger partial charge in [0.25, 0.3) is 0 Å². The zero-order valence-electron chi connectivity index (χ0n) is 9.76. The first kappa shape index (κ1) is 10.9. The number of aromatic nitrogens is 1. The molecule has 1 aromatic heterocycles. The van der Waals surface area contributed by atoms with Gasteiger partial charge in [-0.3, -0.25) is 0 Å². The summed E-state index contributed by atoms with van der Waals surface area (Å²) in [6.07, 6.45) is 4.36. The highest BCUT2D eigenvalue weighted by Crippen LogP contribution is 2.00. The SMILES string of the molecule is CCc1cccc[n+]1CCc1ccccc1. The van der Waals surface area contributed by atoms with Crippen molar-refractivity contribution in [2.75, 3.05) is 0 Å². The fourth-order valence-electron chi connectivity index (χ4n) is 1.94. The van der Waals surface area contributed by atoms with Crippen LogP contribution in [0, 0.1) is 0 Å². The minimum Gasteiger partial charge on any atom is -0.202 e. The Labute approximate surface area is 97.4 Å². The molecule has 0 N–H and O–H groups in total. The minimum atomic E-state index is 1.06. The highest BCUT2D eigenvalue weighted by molar-refractivity contribution is 5.14. The van der Waals surface area contributed by atoms with Crippen molar-refractivity contribution in [3.8, 4) is 0 Å². The van der Waals surface area contributed by atoms with Crippen LogP contribution in [0.5, 0.6) is 0 Å². The molecule has 2 rings (SSSR count). The van der Waals surface area contributed by atoms with Gasteiger partial charge in [-0.2, -0.15) is 0 Å². The van der Waals surface area contributed by atoms with Gasteiger partial charge in [0.05, 0.1) is 0 Å². The Kier molecular flexibility index (Phi) is 3.71. The predicted molar refractivity (Wildman–Crippen MR) is 66.2 cm³/mol. The number of hydrogen-bond acceptors (Lipinski definition) is 0. The van der Waals surface area contributed by atoms with Crippen molar-refractivity contribution in [2.45, 2.75) is 26.3 Å². The van der Waals surface area contributed by atoms with Gasteiger partial charge in [0, 0.05) is 25.0 Å². The molecule has 0 amide bonds. The van der Waals surface area contributed by atoms with E-state index in [2.05, 4.69) is 66.2 Å². The molecule has 1 heterocycles. The van der Waals surface area contributed by atoms with E-state index in [1.807, 2.05) is 0 Å². The zero-order chi connectivity index (χ0) is 11.2. The maximum absolute atomic E-state index is 2.34. The van der Waals surface area contributed by atoms with Crippen molar-refractivity contribution in [3.63, 3.8) is 0 Å². The number of aryl methyl sites for hydroxylation is 3. The third-order valence-electron chi connectivity index (χ3n) is 2.88. The van der Waals surface area contributed by atoms with Crippen molar-refractivity contribution in [1.29, 1.82) is 0 Å². The van der Waals surface area contributed by atoms with Crippen LogP contribution in [-0.2, 0) is 19.4 Å². The predicted octanol–water partition coefficient (Wildman–Crippen LogP) is 2.78. The summed E-state index contributed by atoms with van der Waals surface area (Å²) < 4.78 is 2.34. The summed E-state index contributed by atoms with van der Waals surface area (Å²) in [6.45, 7) is 3.27. The van der Waals surface area contributed by atoms with E-state index in [1.54, 1.807) is 0 Å². The Morgan fingerprint density at radius 3 is 2.44 bits per heavy atom. The van der Waals surface area contributed by atoms with Gasteiger partial charge in [0.2, 0.25) is 0 Å². The fourth-order valence-corrected chi connectivity index (χ4v) is 1.94. The summed E-state index contributed by atoms with van der Waals surface area (Å²) in [5.74, 6) is 0. The monoisotopic (exact) mass is 212 g/mol. The van der Waals surface area contributed by atoms with Crippen LogP contribution in [0.15, 0.2) is 54.7 Å². The lowest BCUT2D eigenvalue weighted by molar-refractivity contribution is -0.703. The maximum Gasteiger partial charge on any atom is 0.181 e. The highest BCUT2D eigenvalue weighted by atomic mass is 14.9. The smallest absolute Gasteiger partial charge is 0.181 e. The molecule has 82 valence electrons. The molecule has 16 heavy (non-hydrogen) atoms. The molecule has 1 aromatic carbocycles. The van der Waals surface area contributed by atoms with Gasteiger partial charge < -0.3 is 0 Å². The second-order valence-corrected chi connectivity index (χ2v) is 3.97. The van der Waals surface area contributed by atoms with Crippen LogP contribution in [0.25, 0.3) is 0 Å². The molecule has 0 atom stereocenters. The lowest BCUT2D eigenvalue weighted by atomic mass is 10.1. The number of hydrogen-bond donors (Lipinski definition) is 0. The van der Waals surface area contributed by atoms with E-state index in [4.69, 9.17) is 0 Å². The van der Waals surface area contributed by atoms with Gasteiger partial charge in [-0.25, -0.2) is 4.57 Å². The normalized spacial score (nSPS) is 10.3. The average Bonchev–Trinajstić information content (AvgIpc) is 2.38. The second kappa shape index (κ2) is 5.45. The Balaban J connectivity index is 2.05. The van der Waals surface area contributed by atoms with Gasteiger partial charge >= 0.3 is 0 Å². The summed E-state index contributed by atoms with van der Waals surface area (Å²) in [5, 5.41) is 0. The van der Waals surface area contributed by atoms with E-state index in [1.165, 1.54) is 11.3 Å². The van der Waals surface area contributed by atoms with Crippen LogP contribution >= 0.6 is 0 Å². The Bertz CT molecular complexity index is 434. The first-order valence-corrected chi connectivity index (χ1v) is 5.91. The second-order valence-electron chi connectivity index (χ2n) is 3.97. The molecule has 1 nitrogen and oxygen atoms in total. The molecule has 0 saturated carbocycles. The van der Waals surface area contributed by atoms with Crippen LogP contribution in [0.4, 0.5) is 0 Å². The molecule has 0 saturated heterocycles. The number of rotatable bonds is 4. The molecule has 2 aromatic rings. The standard InChI is InChI=1S/C15H18N/c1-2-15-10-6-7-12-16(15)13-11-14-8-4-3-5-9-14/h3-10,12H,2,11,13H2,1H3/q+1. The van der Waals surface area contributed by atoms with Gasteiger partial charge in [0.1, 0.15) is 0 Å². The lowest BCUT2D eigenvalue weighted by Crippen LogP contribution is -2.38. The van der Waals surface area contributed by atoms with Crippen LogP contribution < -0.4 is 4.57 Å². The van der Waals surface area contributed by atoms with Crippen LogP contribution in [-0.4, -0.2) is 0 Å². The molecule has 0 fully saturated rings. The van der Waals surface area contributed by atoms with Gasteiger partial charge in [-0.1, -0.05) is 43.3 Å². The number of pyridine rings is 1. The van der Waals surface area contributed by atoms with Crippen molar-refractivity contribution in [1.82, 2.24) is 0 Å². The quantitative estimate of drug-likeness (QED) is 0.686. The molecule has 0 bridgehead atoms. The molecule has 0 aliphatic carbocycles. The Hall–Kier alpha value is -1.63. The highest BCUT2D eigenvalue weighted by Gasteiger charge is 2.06. The molecule has 0 spiro atoms. The fraction of sp³-hybridized carbons (Fsp3) is 0.267. The molecule has 0 radical (unpaired) electrons. The Morgan fingerprint density at radius 1 is 0.938 bits per heavy atom. The zero-order valence-corrected chi connectivity index (χ0v) is 9.76. The Morgan fingerprint density at radius 2 is 1.69 bits per heavy atom. The van der Waals surface area contributed by atoms with E-state index in [-0.39, 0.29) is 0 Å². The summed E-state index contributed by atoms with van der Waals surface area (Å²) >= 11 is 0. The topological polar surface area (TPSA) is 3.88 Å². The van der Waals surface area contributed by atoms with Crippen molar-refractivity contribution >= 4 is 0 Å². The van der Waals surface area contributed by atoms with Crippen LogP contribution in [0.1, 0.15) is 18.2 Å². The van der Waals surface area contributed by atoms with E-state index < -0.39 is 0 Å². The maximum atomic E-state index is 2.34. The van der Waals surface area contributed by atoms with Crippen molar-refractivity contribution < 1.29 is 4.57 Å². The molecule has 0 aliphatic heterocycles. The third kappa shape index (κ3) is 2.69. The summed E-state index contributed by atoms with van der Waals surface area (Å²) in [5.41, 5.74) is 2.80. The molecular weight excluding hydrogens is 194 g/mol. The van der Waals surface area contributed by atoms with Crippen LogP contribution in [0.3, 0.4) is 0 Å². The van der Waals surface area contributed by atoms with E-state index in [0.29, 0.717) is 0 Å². The van der Waals surface area contributed by atoms with Crippen molar-refractivity contribution in [2.24, 2.45) is 0 Å². The minimum absolute atomic E-state index is 1.06. The lowest BCUT2D eigenvalue weighted by Gasteiger charge is -2.02. The molecule has 0 unspecified atom stereocenters. The molecule has 0 aliphatic rings. The third-order valence-corrected chi connectivity index (χ3v) is 2.88. The summed E-state index contributed by atoms with van der Waals surface area (Å²) in [7, 11) is 0. The first-order valence-electron chi connectivity index (χ1n) is 5.91. The molecule has 1 heteroatoms. The number of benzene rings is 1. The van der Waals surface area contributed by atoms with Gasteiger partial charge in [0.15, 0.2) is 18.4 Å². The number of nitrogens with zero attached hydrogens (tertiary/aromatic N) is 1. The summed E-state index contributed by atoms with van der Waals surface area (Å²) in [4.78, 5) is 0. The average molecular weight is 212 g/mol. The van der Waals surface area contributed by atoms with E-state index >= 15 is 0 Å². The van der Waals surface area contributed by atoms with E-state index in [0.717, 1.165) is 19.4 Å². The van der Waals surface area contributed by atoms with E-state index in [9.17, 15) is 0 Å². The van der Waals surface area contributed by atoms with Gasteiger partial charge in [-0.05, 0) is 5.56 Å². The first-order chi connectivity index (χ1) is 7.90. The van der Waals surface area contributed by atoms with Crippen LogP contribution in [0.2, 0.25) is 0 Å². The van der Waals surface area contributed by atoms with Gasteiger partial charge in [-0.15, -0.1) is 0 Å². The largest absolute Gasteiger partial charge is 0.202 e.